The van der Waals surface area contributed by atoms with Crippen molar-refractivity contribution in [3.05, 3.63) is 23.7 Å². The van der Waals surface area contributed by atoms with E-state index in [0.29, 0.717) is 0 Å². The predicted molar refractivity (Wildman–Crippen MR) is 54.6 cm³/mol. The quantitative estimate of drug-likeness (QED) is 0.413. The van der Waals surface area contributed by atoms with Crippen LogP contribution >= 0.6 is 0 Å². The molecule has 0 amide bonds. The Morgan fingerprint density at radius 3 is 2.86 bits per heavy atom. The van der Waals surface area contributed by atoms with Crippen molar-refractivity contribution in [3.8, 4) is 0 Å². The lowest BCUT2D eigenvalue weighted by molar-refractivity contribution is 0.187. The standard InChI is InChI=1S/C10H18N2O2/c1-8-5-6-10(14-8)9(12-11)4-3-7-13-2/h5-6,9,12H,3-4,7,11H2,1-2H3. The van der Waals surface area contributed by atoms with Gasteiger partial charge in [0.25, 0.3) is 0 Å². The van der Waals surface area contributed by atoms with Crippen LogP contribution in [-0.2, 0) is 4.74 Å². The molecule has 0 aliphatic carbocycles. The maximum atomic E-state index is 5.48. The molecule has 0 aromatic carbocycles. The van der Waals surface area contributed by atoms with Gasteiger partial charge in [-0.1, -0.05) is 0 Å². The lowest BCUT2D eigenvalue weighted by Gasteiger charge is -2.12. The van der Waals surface area contributed by atoms with Gasteiger partial charge in [0.1, 0.15) is 11.5 Å². The Morgan fingerprint density at radius 2 is 2.36 bits per heavy atom. The zero-order chi connectivity index (χ0) is 10.4. The van der Waals surface area contributed by atoms with Crippen LogP contribution in [0.2, 0.25) is 0 Å². The highest BCUT2D eigenvalue weighted by molar-refractivity contribution is 5.09. The Bertz CT molecular complexity index is 260. The molecule has 0 radical (unpaired) electrons. The van der Waals surface area contributed by atoms with Gasteiger partial charge in [0.05, 0.1) is 6.04 Å². The van der Waals surface area contributed by atoms with Crippen LogP contribution in [0.5, 0.6) is 0 Å². The summed E-state index contributed by atoms with van der Waals surface area (Å²) in [6.45, 7) is 2.67. The molecule has 14 heavy (non-hydrogen) atoms. The van der Waals surface area contributed by atoms with Gasteiger partial charge >= 0.3 is 0 Å². The average Bonchev–Trinajstić information content (AvgIpc) is 2.60. The lowest BCUT2D eigenvalue weighted by Crippen LogP contribution is -2.27. The van der Waals surface area contributed by atoms with Gasteiger partial charge in [-0.3, -0.25) is 5.84 Å². The fourth-order valence-corrected chi connectivity index (χ4v) is 1.38. The van der Waals surface area contributed by atoms with Gasteiger partial charge in [0, 0.05) is 13.7 Å². The third-order valence-electron chi connectivity index (χ3n) is 2.15. The molecular weight excluding hydrogens is 180 g/mol. The first-order valence-electron chi connectivity index (χ1n) is 4.79. The summed E-state index contributed by atoms with van der Waals surface area (Å²) in [6, 6.07) is 3.97. The summed E-state index contributed by atoms with van der Waals surface area (Å²) < 4.78 is 10.5. The molecule has 4 heteroatoms. The van der Waals surface area contributed by atoms with E-state index in [4.69, 9.17) is 15.0 Å². The molecule has 1 atom stereocenters. The second kappa shape index (κ2) is 5.80. The fraction of sp³-hybridized carbons (Fsp3) is 0.600. The minimum Gasteiger partial charge on any atom is -0.465 e. The molecule has 1 aromatic heterocycles. The summed E-state index contributed by atoms with van der Waals surface area (Å²) in [5, 5.41) is 0. The number of nitrogens with two attached hydrogens (primary N) is 1. The third kappa shape index (κ3) is 3.14. The van der Waals surface area contributed by atoms with Crippen molar-refractivity contribution in [1.29, 1.82) is 0 Å². The molecule has 1 rings (SSSR count). The second-order valence-corrected chi connectivity index (χ2v) is 3.30. The summed E-state index contributed by atoms with van der Waals surface area (Å²) in [6.07, 6.45) is 1.88. The Balaban J connectivity index is 2.45. The number of ether oxygens (including phenoxy) is 1. The SMILES string of the molecule is COCCCC(NN)c1ccc(C)o1. The maximum absolute atomic E-state index is 5.48. The molecule has 80 valence electrons. The first kappa shape index (κ1) is 11.2. The van der Waals surface area contributed by atoms with E-state index in [9.17, 15) is 0 Å². The smallest absolute Gasteiger partial charge is 0.122 e. The van der Waals surface area contributed by atoms with Gasteiger partial charge in [-0.05, 0) is 31.9 Å². The molecule has 0 bridgehead atoms. The van der Waals surface area contributed by atoms with E-state index in [-0.39, 0.29) is 6.04 Å². The average molecular weight is 198 g/mol. The van der Waals surface area contributed by atoms with Crippen molar-refractivity contribution in [2.45, 2.75) is 25.8 Å². The first-order valence-corrected chi connectivity index (χ1v) is 4.79. The summed E-state index contributed by atoms with van der Waals surface area (Å²) in [7, 11) is 1.70. The molecule has 0 saturated heterocycles. The van der Waals surface area contributed by atoms with Crippen LogP contribution in [0.3, 0.4) is 0 Å². The minimum atomic E-state index is 0.0823. The number of aryl methyl sites for hydroxylation is 1. The van der Waals surface area contributed by atoms with Gasteiger partial charge in [-0.25, -0.2) is 5.43 Å². The Hall–Kier alpha value is -0.840. The summed E-state index contributed by atoms with van der Waals surface area (Å²) in [5.41, 5.74) is 2.74. The Labute approximate surface area is 84.4 Å². The van der Waals surface area contributed by atoms with Gasteiger partial charge < -0.3 is 9.15 Å². The van der Waals surface area contributed by atoms with Crippen LogP contribution in [0, 0.1) is 6.92 Å². The molecule has 1 heterocycles. The molecule has 0 fully saturated rings. The van der Waals surface area contributed by atoms with Gasteiger partial charge in [-0.15, -0.1) is 0 Å². The van der Waals surface area contributed by atoms with E-state index < -0.39 is 0 Å². The van der Waals surface area contributed by atoms with E-state index in [2.05, 4.69) is 5.43 Å². The van der Waals surface area contributed by atoms with Crippen LogP contribution < -0.4 is 11.3 Å². The van der Waals surface area contributed by atoms with E-state index in [1.54, 1.807) is 7.11 Å². The zero-order valence-electron chi connectivity index (χ0n) is 8.75. The van der Waals surface area contributed by atoms with Gasteiger partial charge in [-0.2, -0.15) is 0 Å². The third-order valence-corrected chi connectivity index (χ3v) is 2.15. The van der Waals surface area contributed by atoms with E-state index >= 15 is 0 Å². The second-order valence-electron chi connectivity index (χ2n) is 3.30. The largest absolute Gasteiger partial charge is 0.465 e. The molecule has 0 saturated carbocycles. The molecule has 4 nitrogen and oxygen atoms in total. The number of hydrogen-bond donors (Lipinski definition) is 2. The van der Waals surface area contributed by atoms with Crippen molar-refractivity contribution >= 4 is 0 Å². The Morgan fingerprint density at radius 1 is 1.57 bits per heavy atom. The predicted octanol–water partition coefficient (Wildman–Crippen LogP) is 1.52. The summed E-state index contributed by atoms with van der Waals surface area (Å²) >= 11 is 0. The highest BCUT2D eigenvalue weighted by atomic mass is 16.5. The highest BCUT2D eigenvalue weighted by Crippen LogP contribution is 2.19. The first-order chi connectivity index (χ1) is 6.77. The Kier molecular flexibility index (Phi) is 4.65. The summed E-state index contributed by atoms with van der Waals surface area (Å²) in [4.78, 5) is 0. The van der Waals surface area contributed by atoms with E-state index in [1.165, 1.54) is 0 Å². The van der Waals surface area contributed by atoms with Crippen LogP contribution in [-0.4, -0.2) is 13.7 Å². The molecule has 0 aliphatic heterocycles. The number of nitrogens with one attached hydrogen (secondary N) is 1. The number of rotatable bonds is 6. The van der Waals surface area contributed by atoms with Crippen LogP contribution in [0.15, 0.2) is 16.5 Å². The van der Waals surface area contributed by atoms with Crippen molar-refractivity contribution in [2.75, 3.05) is 13.7 Å². The number of furan rings is 1. The van der Waals surface area contributed by atoms with Crippen LogP contribution in [0.1, 0.15) is 30.4 Å². The molecule has 3 N–H and O–H groups in total. The topological polar surface area (TPSA) is 60.4 Å². The van der Waals surface area contributed by atoms with Crippen molar-refractivity contribution in [3.63, 3.8) is 0 Å². The maximum Gasteiger partial charge on any atom is 0.122 e. The minimum absolute atomic E-state index is 0.0823. The van der Waals surface area contributed by atoms with Gasteiger partial charge in [0.15, 0.2) is 0 Å². The highest BCUT2D eigenvalue weighted by Gasteiger charge is 2.12. The van der Waals surface area contributed by atoms with Crippen LogP contribution in [0.25, 0.3) is 0 Å². The van der Waals surface area contributed by atoms with E-state index in [1.807, 2.05) is 19.1 Å². The normalized spacial score (nSPS) is 13.1. The monoisotopic (exact) mass is 198 g/mol. The van der Waals surface area contributed by atoms with E-state index in [0.717, 1.165) is 31.0 Å². The molecule has 1 aromatic rings. The van der Waals surface area contributed by atoms with Crippen molar-refractivity contribution in [2.24, 2.45) is 5.84 Å². The number of hydrogen-bond acceptors (Lipinski definition) is 4. The van der Waals surface area contributed by atoms with Crippen LogP contribution in [0.4, 0.5) is 0 Å². The van der Waals surface area contributed by atoms with Crippen molar-refractivity contribution in [1.82, 2.24) is 5.43 Å². The number of methoxy groups -OCH3 is 1. The molecular formula is C10H18N2O2. The number of hydrazine groups is 1. The fourth-order valence-electron chi connectivity index (χ4n) is 1.38. The summed E-state index contributed by atoms with van der Waals surface area (Å²) in [5.74, 6) is 7.24. The van der Waals surface area contributed by atoms with Gasteiger partial charge in [0.2, 0.25) is 0 Å². The lowest BCUT2D eigenvalue weighted by atomic mass is 10.1. The zero-order valence-corrected chi connectivity index (χ0v) is 8.75. The molecule has 0 aliphatic rings. The molecule has 0 spiro atoms. The van der Waals surface area contributed by atoms with Crippen molar-refractivity contribution < 1.29 is 9.15 Å². The molecule has 1 unspecified atom stereocenters.